The van der Waals surface area contributed by atoms with Gasteiger partial charge in [-0.15, -0.1) is 12.4 Å². The predicted molar refractivity (Wildman–Crippen MR) is 79.6 cm³/mol. The third-order valence-electron chi connectivity index (χ3n) is 3.63. The summed E-state index contributed by atoms with van der Waals surface area (Å²) in [6, 6.07) is 10.3. The monoisotopic (exact) mass is 285 g/mol. The van der Waals surface area contributed by atoms with E-state index in [1.54, 1.807) is 0 Å². The molecule has 1 heterocycles. The lowest BCUT2D eigenvalue weighted by atomic mass is 9.98. The van der Waals surface area contributed by atoms with E-state index in [9.17, 15) is 0 Å². The first-order chi connectivity index (χ1) is 8.88. The highest BCUT2D eigenvalue weighted by molar-refractivity contribution is 5.85. The first-order valence-electron chi connectivity index (χ1n) is 6.83. The van der Waals surface area contributed by atoms with Crippen molar-refractivity contribution in [3.8, 4) is 0 Å². The molecule has 0 spiro atoms. The van der Waals surface area contributed by atoms with Crippen LogP contribution in [0, 0.1) is 5.92 Å². The van der Waals surface area contributed by atoms with E-state index >= 15 is 0 Å². The smallest absolute Gasteiger partial charge is 0.0717 e. The fourth-order valence-electron chi connectivity index (χ4n) is 2.35. The summed E-state index contributed by atoms with van der Waals surface area (Å²) in [5.74, 6) is 0.520. The predicted octanol–water partition coefficient (Wildman–Crippen LogP) is 2.33. The molecule has 1 N–H and O–H groups in total. The Morgan fingerprint density at radius 2 is 1.84 bits per heavy atom. The minimum absolute atomic E-state index is 0. The molecule has 19 heavy (non-hydrogen) atoms. The van der Waals surface area contributed by atoms with Gasteiger partial charge in [-0.05, 0) is 37.4 Å². The Morgan fingerprint density at radius 1 is 1.16 bits per heavy atom. The molecule has 1 saturated heterocycles. The fraction of sp³-hybridized carbons (Fsp3) is 0.600. The van der Waals surface area contributed by atoms with Crippen molar-refractivity contribution in [3.05, 3.63) is 35.9 Å². The molecule has 0 aromatic heterocycles. The van der Waals surface area contributed by atoms with Gasteiger partial charge in [-0.3, -0.25) is 0 Å². The van der Waals surface area contributed by atoms with E-state index in [1.165, 1.54) is 5.56 Å². The number of halogens is 1. The number of piperidine rings is 1. The van der Waals surface area contributed by atoms with Gasteiger partial charge in [-0.25, -0.2) is 0 Å². The average molecular weight is 286 g/mol. The molecule has 108 valence electrons. The van der Waals surface area contributed by atoms with Crippen molar-refractivity contribution in [1.82, 2.24) is 4.90 Å². The molecule has 1 fully saturated rings. The fourth-order valence-corrected chi connectivity index (χ4v) is 2.35. The van der Waals surface area contributed by atoms with E-state index in [0.717, 1.165) is 39.1 Å². The quantitative estimate of drug-likeness (QED) is 0.815. The zero-order valence-electron chi connectivity index (χ0n) is 11.3. The molecule has 0 amide bonds. The molecule has 1 aromatic carbocycles. The third kappa shape index (κ3) is 5.91. The van der Waals surface area contributed by atoms with Crippen LogP contribution in [0.5, 0.6) is 0 Å². The molecule has 3 nitrogen and oxygen atoms in total. The van der Waals surface area contributed by atoms with Crippen LogP contribution in [-0.2, 0) is 11.3 Å². The van der Waals surface area contributed by atoms with Gasteiger partial charge >= 0.3 is 0 Å². The van der Waals surface area contributed by atoms with Crippen molar-refractivity contribution >= 4 is 12.4 Å². The van der Waals surface area contributed by atoms with Crippen LogP contribution in [-0.4, -0.2) is 42.9 Å². The summed E-state index contributed by atoms with van der Waals surface area (Å²) in [6.07, 6.45) is 2.24. The van der Waals surface area contributed by atoms with Gasteiger partial charge < -0.3 is 14.7 Å². The minimum Gasteiger partial charge on any atom is -0.396 e. The summed E-state index contributed by atoms with van der Waals surface area (Å²) >= 11 is 0. The first kappa shape index (κ1) is 16.4. The molecule has 0 atom stereocenters. The van der Waals surface area contributed by atoms with Crippen molar-refractivity contribution in [1.29, 1.82) is 0 Å². The SMILES string of the molecule is Cl.OCC1CCN(CCOCc2ccccc2)CC1. The van der Waals surface area contributed by atoms with Crippen molar-refractivity contribution in [2.45, 2.75) is 19.4 Å². The molecule has 2 rings (SSSR count). The molecule has 4 heteroatoms. The van der Waals surface area contributed by atoms with Gasteiger partial charge in [0, 0.05) is 13.2 Å². The Labute approximate surface area is 122 Å². The van der Waals surface area contributed by atoms with Crippen molar-refractivity contribution in [2.75, 3.05) is 32.8 Å². The standard InChI is InChI=1S/C15H23NO2.ClH/c17-12-14-6-8-16(9-7-14)10-11-18-13-15-4-2-1-3-5-15;/h1-5,14,17H,6-13H2;1H. The van der Waals surface area contributed by atoms with Crippen LogP contribution in [0.1, 0.15) is 18.4 Å². The van der Waals surface area contributed by atoms with Gasteiger partial charge in [-0.2, -0.15) is 0 Å². The highest BCUT2D eigenvalue weighted by Gasteiger charge is 2.17. The van der Waals surface area contributed by atoms with Gasteiger partial charge in [0.2, 0.25) is 0 Å². The third-order valence-corrected chi connectivity index (χ3v) is 3.63. The van der Waals surface area contributed by atoms with E-state index in [0.29, 0.717) is 19.1 Å². The lowest BCUT2D eigenvalue weighted by molar-refractivity contribution is 0.0712. The number of hydrogen-bond acceptors (Lipinski definition) is 3. The maximum absolute atomic E-state index is 9.07. The molecule has 0 bridgehead atoms. The number of benzene rings is 1. The van der Waals surface area contributed by atoms with Crippen LogP contribution in [0.2, 0.25) is 0 Å². The van der Waals surface area contributed by atoms with Gasteiger partial charge in [0.05, 0.1) is 13.2 Å². The summed E-state index contributed by atoms with van der Waals surface area (Å²) in [4.78, 5) is 2.43. The molecule has 1 aliphatic heterocycles. The second kappa shape index (κ2) is 9.32. The number of aliphatic hydroxyl groups excluding tert-OH is 1. The zero-order valence-corrected chi connectivity index (χ0v) is 12.1. The summed E-state index contributed by atoms with van der Waals surface area (Å²) in [6.45, 7) is 5.04. The van der Waals surface area contributed by atoms with E-state index in [4.69, 9.17) is 9.84 Å². The van der Waals surface area contributed by atoms with Gasteiger partial charge in [-0.1, -0.05) is 30.3 Å². The van der Waals surface area contributed by atoms with Crippen LogP contribution in [0.3, 0.4) is 0 Å². The normalized spacial score (nSPS) is 17.1. The first-order valence-corrected chi connectivity index (χ1v) is 6.83. The Bertz CT molecular complexity index is 326. The lowest BCUT2D eigenvalue weighted by Crippen LogP contribution is -2.36. The van der Waals surface area contributed by atoms with Crippen LogP contribution >= 0.6 is 12.4 Å². The molecule has 0 saturated carbocycles. The second-order valence-corrected chi connectivity index (χ2v) is 5.01. The largest absolute Gasteiger partial charge is 0.396 e. The number of nitrogens with zero attached hydrogens (tertiary/aromatic N) is 1. The van der Waals surface area contributed by atoms with E-state index in [-0.39, 0.29) is 12.4 Å². The highest BCUT2D eigenvalue weighted by atomic mass is 35.5. The highest BCUT2D eigenvalue weighted by Crippen LogP contribution is 2.15. The Balaban J connectivity index is 0.00000180. The van der Waals surface area contributed by atoms with Gasteiger partial charge in [0.25, 0.3) is 0 Å². The molecular formula is C15H24ClNO2. The number of hydrogen-bond donors (Lipinski definition) is 1. The maximum Gasteiger partial charge on any atom is 0.0717 e. The van der Waals surface area contributed by atoms with Crippen LogP contribution in [0.4, 0.5) is 0 Å². The van der Waals surface area contributed by atoms with Gasteiger partial charge in [0.15, 0.2) is 0 Å². The average Bonchev–Trinajstić information content (AvgIpc) is 2.45. The zero-order chi connectivity index (χ0) is 12.6. The van der Waals surface area contributed by atoms with Crippen molar-refractivity contribution in [2.24, 2.45) is 5.92 Å². The van der Waals surface area contributed by atoms with E-state index < -0.39 is 0 Å². The number of rotatable bonds is 6. The lowest BCUT2D eigenvalue weighted by Gasteiger charge is -2.30. The second-order valence-electron chi connectivity index (χ2n) is 5.01. The number of likely N-dealkylation sites (tertiary alicyclic amines) is 1. The van der Waals surface area contributed by atoms with Gasteiger partial charge in [0.1, 0.15) is 0 Å². The summed E-state index contributed by atoms with van der Waals surface area (Å²) in [7, 11) is 0. The Hall–Kier alpha value is -0.610. The van der Waals surface area contributed by atoms with Crippen LogP contribution in [0.15, 0.2) is 30.3 Å². The Kier molecular flexibility index (Phi) is 8.07. The Morgan fingerprint density at radius 3 is 2.47 bits per heavy atom. The number of aliphatic hydroxyl groups is 1. The maximum atomic E-state index is 9.07. The van der Waals surface area contributed by atoms with E-state index in [2.05, 4.69) is 17.0 Å². The molecule has 0 unspecified atom stereocenters. The minimum atomic E-state index is 0. The molecule has 1 aromatic rings. The number of ether oxygens (including phenoxy) is 1. The summed E-state index contributed by atoms with van der Waals surface area (Å²) in [5, 5.41) is 9.07. The van der Waals surface area contributed by atoms with E-state index in [1.807, 2.05) is 18.2 Å². The van der Waals surface area contributed by atoms with Crippen molar-refractivity contribution in [3.63, 3.8) is 0 Å². The van der Waals surface area contributed by atoms with Crippen LogP contribution < -0.4 is 0 Å². The molecule has 1 aliphatic rings. The molecular weight excluding hydrogens is 262 g/mol. The molecule has 0 radical (unpaired) electrons. The summed E-state index contributed by atoms with van der Waals surface area (Å²) in [5.41, 5.74) is 1.23. The molecule has 0 aliphatic carbocycles. The van der Waals surface area contributed by atoms with Crippen LogP contribution in [0.25, 0.3) is 0 Å². The summed E-state index contributed by atoms with van der Waals surface area (Å²) < 4.78 is 5.68. The van der Waals surface area contributed by atoms with Crippen molar-refractivity contribution < 1.29 is 9.84 Å². The topological polar surface area (TPSA) is 32.7 Å².